The van der Waals surface area contributed by atoms with Gasteiger partial charge in [-0.2, -0.15) is 0 Å². The first kappa shape index (κ1) is 12.1. The lowest BCUT2D eigenvalue weighted by Gasteiger charge is -2.33. The summed E-state index contributed by atoms with van der Waals surface area (Å²) in [6.07, 6.45) is 2.06. The summed E-state index contributed by atoms with van der Waals surface area (Å²) in [4.78, 5) is 13.8. The van der Waals surface area contributed by atoms with E-state index in [1.165, 1.54) is 0 Å². The third kappa shape index (κ3) is 2.67. The average molecular weight is 233 g/mol. The number of Topliss-reactive ketones (excluding diaryl/α,β-unsaturated/α-hetero) is 1. The lowest BCUT2D eigenvalue weighted by Crippen LogP contribution is -2.37. The molecular formula is C14H19NO2. The Morgan fingerprint density at radius 2 is 1.94 bits per heavy atom. The molecule has 0 N–H and O–H groups in total. The van der Waals surface area contributed by atoms with Gasteiger partial charge in [-0.1, -0.05) is 12.1 Å². The summed E-state index contributed by atoms with van der Waals surface area (Å²) in [5.41, 5.74) is 1.84. The quantitative estimate of drug-likeness (QED) is 0.751. The second-order valence-corrected chi connectivity index (χ2v) is 4.53. The van der Waals surface area contributed by atoms with Crippen LogP contribution in [0.25, 0.3) is 0 Å². The third-order valence-corrected chi connectivity index (χ3v) is 3.40. The number of rotatable bonds is 3. The summed E-state index contributed by atoms with van der Waals surface area (Å²) in [6.45, 7) is 3.26. The van der Waals surface area contributed by atoms with Gasteiger partial charge in [0.05, 0.1) is 0 Å². The molecule has 1 aliphatic rings. The van der Waals surface area contributed by atoms with Crippen LogP contribution in [-0.4, -0.2) is 32.1 Å². The second kappa shape index (κ2) is 5.32. The van der Waals surface area contributed by atoms with E-state index >= 15 is 0 Å². The third-order valence-electron chi connectivity index (χ3n) is 3.40. The Labute approximate surface area is 102 Å². The van der Waals surface area contributed by atoms with E-state index in [-0.39, 0.29) is 5.78 Å². The zero-order chi connectivity index (χ0) is 12.3. The molecule has 1 aliphatic heterocycles. The van der Waals surface area contributed by atoms with E-state index in [1.807, 2.05) is 24.3 Å². The Bertz CT molecular complexity index is 397. The van der Waals surface area contributed by atoms with E-state index in [1.54, 1.807) is 6.92 Å². The van der Waals surface area contributed by atoms with Crippen molar-refractivity contribution in [2.75, 3.05) is 25.2 Å². The minimum absolute atomic E-state index is 0.125. The van der Waals surface area contributed by atoms with Gasteiger partial charge in [0.15, 0.2) is 5.78 Å². The number of para-hydroxylation sites is 1. The maximum absolute atomic E-state index is 11.6. The van der Waals surface area contributed by atoms with Gasteiger partial charge in [0, 0.05) is 37.6 Å². The first-order valence-electron chi connectivity index (χ1n) is 6.10. The van der Waals surface area contributed by atoms with Crippen LogP contribution in [0.3, 0.4) is 0 Å². The maximum atomic E-state index is 11.6. The molecule has 1 saturated heterocycles. The van der Waals surface area contributed by atoms with E-state index in [9.17, 15) is 4.79 Å². The Balaban J connectivity index is 2.23. The van der Waals surface area contributed by atoms with Crippen LogP contribution in [0.1, 0.15) is 30.1 Å². The van der Waals surface area contributed by atoms with Gasteiger partial charge in [0.2, 0.25) is 0 Å². The fourth-order valence-corrected chi connectivity index (χ4v) is 2.35. The van der Waals surface area contributed by atoms with Crippen LogP contribution in [0.5, 0.6) is 0 Å². The number of carbonyl (C=O) groups excluding carboxylic acids is 1. The first-order valence-corrected chi connectivity index (χ1v) is 6.10. The van der Waals surface area contributed by atoms with E-state index in [2.05, 4.69) is 11.9 Å². The monoisotopic (exact) mass is 233 g/mol. The smallest absolute Gasteiger partial charge is 0.161 e. The summed E-state index contributed by atoms with van der Waals surface area (Å²) in [5, 5.41) is 0. The lowest BCUT2D eigenvalue weighted by molar-refractivity contribution is 0.0854. The highest BCUT2D eigenvalue weighted by molar-refractivity contribution is 5.99. The molecule has 2 rings (SSSR count). The summed E-state index contributed by atoms with van der Waals surface area (Å²) < 4.78 is 5.37. The van der Waals surface area contributed by atoms with Crippen molar-refractivity contribution in [3.63, 3.8) is 0 Å². The van der Waals surface area contributed by atoms with Gasteiger partial charge in [0.1, 0.15) is 0 Å². The Hall–Kier alpha value is -1.35. The number of nitrogens with zero attached hydrogens (tertiary/aromatic N) is 1. The molecule has 0 aromatic heterocycles. The Morgan fingerprint density at radius 3 is 2.59 bits per heavy atom. The second-order valence-electron chi connectivity index (χ2n) is 4.53. The summed E-state index contributed by atoms with van der Waals surface area (Å²) in [7, 11) is 2.07. The number of anilines is 1. The van der Waals surface area contributed by atoms with Crippen LogP contribution in [0.2, 0.25) is 0 Å². The maximum Gasteiger partial charge on any atom is 0.161 e. The number of hydrogen-bond acceptors (Lipinski definition) is 3. The molecule has 1 heterocycles. The molecule has 1 fully saturated rings. The van der Waals surface area contributed by atoms with E-state index in [0.29, 0.717) is 6.04 Å². The highest BCUT2D eigenvalue weighted by atomic mass is 16.5. The van der Waals surface area contributed by atoms with Crippen molar-refractivity contribution in [1.82, 2.24) is 0 Å². The normalized spacial score (nSPS) is 16.8. The molecule has 3 nitrogen and oxygen atoms in total. The number of ether oxygens (including phenoxy) is 1. The fraction of sp³-hybridized carbons (Fsp3) is 0.500. The van der Waals surface area contributed by atoms with Crippen LogP contribution in [0.4, 0.5) is 5.69 Å². The number of ketones is 1. The highest BCUT2D eigenvalue weighted by Crippen LogP contribution is 2.25. The molecule has 0 aliphatic carbocycles. The van der Waals surface area contributed by atoms with Gasteiger partial charge >= 0.3 is 0 Å². The van der Waals surface area contributed by atoms with Crippen LogP contribution < -0.4 is 4.90 Å². The van der Waals surface area contributed by atoms with Crippen molar-refractivity contribution in [1.29, 1.82) is 0 Å². The van der Waals surface area contributed by atoms with E-state index in [0.717, 1.165) is 37.3 Å². The number of benzene rings is 1. The van der Waals surface area contributed by atoms with Gasteiger partial charge < -0.3 is 9.64 Å². The van der Waals surface area contributed by atoms with Crippen molar-refractivity contribution in [2.45, 2.75) is 25.8 Å². The summed E-state index contributed by atoms with van der Waals surface area (Å²) in [5.74, 6) is 0.125. The largest absolute Gasteiger partial charge is 0.381 e. The predicted octanol–water partition coefficient (Wildman–Crippen LogP) is 2.50. The standard InChI is InChI=1S/C14H19NO2/c1-11(16)13-5-3-4-6-14(13)15(2)12-7-9-17-10-8-12/h3-6,12H,7-10H2,1-2H3. The first-order chi connectivity index (χ1) is 8.20. The van der Waals surface area contributed by atoms with Crippen LogP contribution >= 0.6 is 0 Å². The molecule has 17 heavy (non-hydrogen) atoms. The van der Waals surface area contributed by atoms with Crippen molar-refractivity contribution < 1.29 is 9.53 Å². The molecule has 0 amide bonds. The Morgan fingerprint density at radius 1 is 1.29 bits per heavy atom. The molecule has 0 spiro atoms. The van der Waals surface area contributed by atoms with Crippen molar-refractivity contribution in [3.8, 4) is 0 Å². The molecule has 92 valence electrons. The van der Waals surface area contributed by atoms with Crippen LogP contribution in [0, 0.1) is 0 Å². The van der Waals surface area contributed by atoms with Crippen molar-refractivity contribution in [2.24, 2.45) is 0 Å². The predicted molar refractivity (Wildman–Crippen MR) is 68.7 cm³/mol. The number of hydrogen-bond donors (Lipinski definition) is 0. The van der Waals surface area contributed by atoms with Crippen molar-refractivity contribution in [3.05, 3.63) is 29.8 Å². The average Bonchev–Trinajstić information content (AvgIpc) is 2.39. The topological polar surface area (TPSA) is 29.5 Å². The van der Waals surface area contributed by atoms with Crippen molar-refractivity contribution >= 4 is 11.5 Å². The molecule has 0 saturated carbocycles. The number of carbonyl (C=O) groups is 1. The molecule has 1 aromatic carbocycles. The molecule has 0 unspecified atom stereocenters. The molecule has 0 bridgehead atoms. The van der Waals surface area contributed by atoms with Gasteiger partial charge in [-0.3, -0.25) is 4.79 Å². The highest BCUT2D eigenvalue weighted by Gasteiger charge is 2.21. The summed E-state index contributed by atoms with van der Waals surface area (Å²) >= 11 is 0. The summed E-state index contributed by atoms with van der Waals surface area (Å²) in [6, 6.07) is 8.29. The minimum atomic E-state index is 0.125. The SMILES string of the molecule is CC(=O)c1ccccc1N(C)C1CCOCC1. The van der Waals surface area contributed by atoms with Crippen LogP contribution in [-0.2, 0) is 4.74 Å². The molecule has 1 aromatic rings. The van der Waals surface area contributed by atoms with Gasteiger partial charge in [-0.05, 0) is 31.9 Å². The Kier molecular flexibility index (Phi) is 3.79. The van der Waals surface area contributed by atoms with Gasteiger partial charge in [-0.15, -0.1) is 0 Å². The fourth-order valence-electron chi connectivity index (χ4n) is 2.35. The van der Waals surface area contributed by atoms with Crippen LogP contribution in [0.15, 0.2) is 24.3 Å². The van der Waals surface area contributed by atoms with E-state index in [4.69, 9.17) is 4.74 Å². The molecule has 3 heteroatoms. The van der Waals surface area contributed by atoms with Gasteiger partial charge in [0.25, 0.3) is 0 Å². The molecule has 0 radical (unpaired) electrons. The molecular weight excluding hydrogens is 214 g/mol. The zero-order valence-corrected chi connectivity index (χ0v) is 10.5. The van der Waals surface area contributed by atoms with E-state index < -0.39 is 0 Å². The zero-order valence-electron chi connectivity index (χ0n) is 10.5. The lowest BCUT2D eigenvalue weighted by atomic mass is 10.0. The minimum Gasteiger partial charge on any atom is -0.381 e. The van der Waals surface area contributed by atoms with Gasteiger partial charge in [-0.25, -0.2) is 0 Å². The molecule has 0 atom stereocenters.